The van der Waals surface area contributed by atoms with Crippen LogP contribution < -0.4 is 0 Å². The molecule has 116 valence electrons. The third-order valence-corrected chi connectivity index (χ3v) is 6.27. The van der Waals surface area contributed by atoms with Gasteiger partial charge in [-0.25, -0.2) is 0 Å². The fourth-order valence-corrected chi connectivity index (χ4v) is 4.57. The molecule has 1 aromatic carbocycles. The summed E-state index contributed by atoms with van der Waals surface area (Å²) in [7, 11) is 0. The molecule has 3 saturated heterocycles. The molecule has 0 radical (unpaired) electrons. The Morgan fingerprint density at radius 1 is 1.09 bits per heavy atom. The Morgan fingerprint density at radius 2 is 1.59 bits per heavy atom. The molecule has 3 fully saturated rings. The summed E-state index contributed by atoms with van der Waals surface area (Å²) in [6.45, 7) is 4.11. The number of amides is 2. The number of carbonyl (C=O) groups is 2. The third-order valence-electron chi connectivity index (χ3n) is 6.02. The number of benzene rings is 1. The maximum Gasteiger partial charge on any atom is 0.239 e. The van der Waals surface area contributed by atoms with E-state index in [9.17, 15) is 9.59 Å². The molecule has 3 aliphatic rings. The van der Waals surface area contributed by atoms with E-state index in [0.29, 0.717) is 11.6 Å². The van der Waals surface area contributed by atoms with Gasteiger partial charge in [0.05, 0.1) is 29.6 Å². The molecular formula is C17H18ClNO3. The fourth-order valence-electron chi connectivity index (χ4n) is 4.44. The number of likely N-dealkylation sites (tertiary alicyclic amines) is 1. The lowest BCUT2D eigenvalue weighted by Crippen LogP contribution is -2.48. The standard InChI is InChI=1S/C17H18ClNO3/c1-16-12-7-8-13(22-12)17(16,2)15(21)19(14(16)20)9-10-3-5-11(18)6-4-10/h3-6,12-13H,7-9H2,1-2H3/t12-,13+,16+,17-. The van der Waals surface area contributed by atoms with Gasteiger partial charge in [-0.05, 0) is 44.4 Å². The van der Waals surface area contributed by atoms with Gasteiger partial charge in [-0.1, -0.05) is 23.7 Å². The lowest BCUT2D eigenvalue weighted by atomic mass is 9.59. The smallest absolute Gasteiger partial charge is 0.239 e. The fraction of sp³-hybridized carbons (Fsp3) is 0.529. The first kappa shape index (κ1) is 14.2. The summed E-state index contributed by atoms with van der Waals surface area (Å²) in [6.07, 6.45) is 1.47. The van der Waals surface area contributed by atoms with E-state index in [2.05, 4.69) is 0 Å². The van der Waals surface area contributed by atoms with E-state index in [-0.39, 0.29) is 24.0 Å². The van der Waals surface area contributed by atoms with Crippen LogP contribution in [0.3, 0.4) is 0 Å². The average molecular weight is 320 g/mol. The summed E-state index contributed by atoms with van der Waals surface area (Å²) >= 11 is 5.89. The van der Waals surface area contributed by atoms with Crippen LogP contribution in [0, 0.1) is 10.8 Å². The van der Waals surface area contributed by atoms with Gasteiger partial charge in [-0.3, -0.25) is 14.5 Å². The first-order valence-electron chi connectivity index (χ1n) is 7.65. The van der Waals surface area contributed by atoms with Crippen molar-refractivity contribution in [1.29, 1.82) is 0 Å². The van der Waals surface area contributed by atoms with Crippen LogP contribution in [-0.4, -0.2) is 28.9 Å². The van der Waals surface area contributed by atoms with Crippen molar-refractivity contribution in [2.24, 2.45) is 10.8 Å². The van der Waals surface area contributed by atoms with Crippen LogP contribution in [0.15, 0.2) is 24.3 Å². The normalized spacial score (nSPS) is 39.7. The highest BCUT2D eigenvalue weighted by Gasteiger charge is 2.76. The number of fused-ring (bicyclic) bond motifs is 5. The van der Waals surface area contributed by atoms with Crippen molar-refractivity contribution in [3.8, 4) is 0 Å². The minimum absolute atomic E-state index is 0.0952. The van der Waals surface area contributed by atoms with Crippen LogP contribution in [0.25, 0.3) is 0 Å². The largest absolute Gasteiger partial charge is 0.373 e. The molecule has 4 rings (SSSR count). The molecule has 1 aromatic rings. The van der Waals surface area contributed by atoms with Crippen LogP contribution in [0.2, 0.25) is 5.02 Å². The third kappa shape index (κ3) is 1.47. The highest BCUT2D eigenvalue weighted by atomic mass is 35.5. The van der Waals surface area contributed by atoms with Crippen molar-refractivity contribution < 1.29 is 14.3 Å². The predicted molar refractivity (Wildman–Crippen MR) is 81.1 cm³/mol. The van der Waals surface area contributed by atoms with Gasteiger partial charge in [0, 0.05) is 5.02 Å². The Bertz CT molecular complexity index is 639. The molecule has 22 heavy (non-hydrogen) atoms. The Kier molecular flexibility index (Phi) is 2.80. The van der Waals surface area contributed by atoms with Gasteiger partial charge in [-0.15, -0.1) is 0 Å². The van der Waals surface area contributed by atoms with Gasteiger partial charge in [0.25, 0.3) is 0 Å². The number of hydrogen-bond donors (Lipinski definition) is 0. The van der Waals surface area contributed by atoms with E-state index in [1.807, 2.05) is 26.0 Å². The molecule has 4 nitrogen and oxygen atoms in total. The quantitative estimate of drug-likeness (QED) is 0.787. The number of hydrogen-bond acceptors (Lipinski definition) is 3. The van der Waals surface area contributed by atoms with E-state index in [4.69, 9.17) is 16.3 Å². The zero-order valence-electron chi connectivity index (χ0n) is 12.6. The zero-order chi connectivity index (χ0) is 15.7. The molecule has 0 N–H and O–H groups in total. The Balaban J connectivity index is 1.70. The minimum atomic E-state index is -0.723. The molecule has 2 bridgehead atoms. The van der Waals surface area contributed by atoms with Gasteiger partial charge in [-0.2, -0.15) is 0 Å². The van der Waals surface area contributed by atoms with Gasteiger partial charge in [0.15, 0.2) is 0 Å². The topological polar surface area (TPSA) is 46.6 Å². The van der Waals surface area contributed by atoms with Crippen molar-refractivity contribution in [2.75, 3.05) is 0 Å². The summed E-state index contributed by atoms with van der Waals surface area (Å²) in [5.74, 6) is -0.190. The maximum atomic E-state index is 13.0. The summed E-state index contributed by atoms with van der Waals surface area (Å²) < 4.78 is 5.91. The molecule has 0 aromatic heterocycles. The SMILES string of the molecule is C[C@@]12C(=O)N(Cc3ccc(Cl)cc3)C(=O)[C@]1(C)[C@H]1CC[C@@H]2O1. The van der Waals surface area contributed by atoms with E-state index < -0.39 is 10.8 Å². The zero-order valence-corrected chi connectivity index (χ0v) is 13.4. The van der Waals surface area contributed by atoms with Gasteiger partial charge >= 0.3 is 0 Å². The van der Waals surface area contributed by atoms with Crippen LogP contribution in [0.5, 0.6) is 0 Å². The lowest BCUT2D eigenvalue weighted by Gasteiger charge is -2.36. The lowest BCUT2D eigenvalue weighted by molar-refractivity contribution is -0.145. The predicted octanol–water partition coefficient (Wildman–Crippen LogP) is 2.78. The number of halogens is 1. The first-order valence-corrected chi connectivity index (χ1v) is 8.03. The van der Waals surface area contributed by atoms with Crippen LogP contribution >= 0.6 is 11.6 Å². The van der Waals surface area contributed by atoms with Crippen molar-refractivity contribution in [2.45, 2.75) is 45.4 Å². The van der Waals surface area contributed by atoms with Crippen LogP contribution in [0.4, 0.5) is 0 Å². The molecule has 0 aliphatic carbocycles. The highest BCUT2D eigenvalue weighted by Crippen LogP contribution is 2.64. The summed E-state index contributed by atoms with van der Waals surface area (Å²) in [4.78, 5) is 27.4. The second-order valence-electron chi connectivity index (χ2n) is 6.92. The van der Waals surface area contributed by atoms with E-state index >= 15 is 0 Å². The summed E-state index contributed by atoms with van der Waals surface area (Å²) in [6, 6.07) is 7.26. The van der Waals surface area contributed by atoms with Gasteiger partial charge in [0.2, 0.25) is 11.8 Å². The second-order valence-corrected chi connectivity index (χ2v) is 7.35. The van der Waals surface area contributed by atoms with Gasteiger partial charge in [0.1, 0.15) is 0 Å². The molecule has 3 aliphatic heterocycles. The van der Waals surface area contributed by atoms with Crippen molar-refractivity contribution in [1.82, 2.24) is 4.90 Å². The average Bonchev–Trinajstić information content (AvgIpc) is 3.11. The van der Waals surface area contributed by atoms with Crippen molar-refractivity contribution in [3.05, 3.63) is 34.9 Å². The Morgan fingerprint density at radius 3 is 2.09 bits per heavy atom. The Hall–Kier alpha value is -1.39. The van der Waals surface area contributed by atoms with Crippen LogP contribution in [0.1, 0.15) is 32.3 Å². The summed E-state index contributed by atoms with van der Waals surface area (Å²) in [5, 5.41) is 0.644. The molecule has 2 amide bonds. The van der Waals surface area contributed by atoms with E-state index in [1.54, 1.807) is 12.1 Å². The minimum Gasteiger partial charge on any atom is -0.373 e. The molecule has 5 heteroatoms. The van der Waals surface area contributed by atoms with Crippen molar-refractivity contribution in [3.63, 3.8) is 0 Å². The first-order chi connectivity index (χ1) is 10.4. The van der Waals surface area contributed by atoms with E-state index in [1.165, 1.54) is 4.90 Å². The highest BCUT2D eigenvalue weighted by molar-refractivity contribution is 6.30. The maximum absolute atomic E-state index is 13.0. The molecule has 0 spiro atoms. The summed E-state index contributed by atoms with van der Waals surface area (Å²) in [5.41, 5.74) is -0.537. The van der Waals surface area contributed by atoms with Crippen LogP contribution in [-0.2, 0) is 20.9 Å². The molecule has 3 heterocycles. The molecule has 0 saturated carbocycles. The number of carbonyl (C=O) groups excluding carboxylic acids is 2. The number of rotatable bonds is 2. The molecular weight excluding hydrogens is 302 g/mol. The monoisotopic (exact) mass is 319 g/mol. The number of nitrogens with zero attached hydrogens (tertiary/aromatic N) is 1. The number of imide groups is 1. The molecule has 4 atom stereocenters. The van der Waals surface area contributed by atoms with Gasteiger partial charge < -0.3 is 4.74 Å². The van der Waals surface area contributed by atoms with E-state index in [0.717, 1.165) is 18.4 Å². The van der Waals surface area contributed by atoms with Crippen molar-refractivity contribution >= 4 is 23.4 Å². The number of ether oxygens (including phenoxy) is 1. The molecule has 0 unspecified atom stereocenters. The Labute approximate surface area is 134 Å². The second kappa shape index (κ2) is 4.33.